The minimum absolute atomic E-state index is 0.0312. The van der Waals surface area contributed by atoms with Gasteiger partial charge in [-0.3, -0.25) is 14.9 Å². The molecule has 1 aliphatic rings. The third kappa shape index (κ3) is 6.06. The molecule has 2 N–H and O–H groups in total. The molecule has 30 heavy (non-hydrogen) atoms. The van der Waals surface area contributed by atoms with Gasteiger partial charge in [0.2, 0.25) is 11.9 Å². The molecule has 1 saturated carbocycles. The molecule has 0 saturated heterocycles. The number of alkyl halides is 3. The average Bonchev–Trinajstić information content (AvgIpc) is 3.51. The summed E-state index contributed by atoms with van der Waals surface area (Å²) in [5.41, 5.74) is 0.532. The standard InChI is InChI=1S/C19H18ClF3N4O3/c1-10(13-5-4-12(8-14(13)20)30-9-19(21,22)23)25-17(29)15-6-7-24-18(26-15)27-16(28)11-2-3-11/h4-8,10-11H,2-3,9H2,1H3,(H,25,29)(H,24,26,27,28). The van der Waals surface area contributed by atoms with E-state index in [1.54, 1.807) is 6.92 Å². The summed E-state index contributed by atoms with van der Waals surface area (Å²) in [5.74, 6) is -0.736. The molecule has 0 bridgehead atoms. The van der Waals surface area contributed by atoms with Crippen LogP contribution in [-0.4, -0.2) is 34.6 Å². The van der Waals surface area contributed by atoms with Crippen LogP contribution in [0.5, 0.6) is 5.75 Å². The fraction of sp³-hybridized carbons (Fsp3) is 0.368. The highest BCUT2D eigenvalue weighted by atomic mass is 35.5. The molecule has 0 aliphatic heterocycles. The third-order valence-corrected chi connectivity index (χ3v) is 4.59. The summed E-state index contributed by atoms with van der Waals surface area (Å²) in [6.45, 7) is 0.231. The van der Waals surface area contributed by atoms with Gasteiger partial charge in [0.25, 0.3) is 5.91 Å². The second-order valence-electron chi connectivity index (χ2n) is 6.81. The Morgan fingerprint density at radius 3 is 2.67 bits per heavy atom. The smallest absolute Gasteiger partial charge is 0.422 e. The van der Waals surface area contributed by atoms with E-state index in [1.807, 2.05) is 0 Å². The zero-order chi connectivity index (χ0) is 21.9. The van der Waals surface area contributed by atoms with Gasteiger partial charge >= 0.3 is 6.18 Å². The van der Waals surface area contributed by atoms with Gasteiger partial charge in [0.1, 0.15) is 11.4 Å². The van der Waals surface area contributed by atoms with Crippen LogP contribution in [0.25, 0.3) is 0 Å². The van der Waals surface area contributed by atoms with Crippen LogP contribution in [0.3, 0.4) is 0 Å². The Balaban J connectivity index is 1.63. The predicted octanol–water partition coefficient (Wildman–Crippen LogP) is 3.91. The molecule has 1 aromatic heterocycles. The highest BCUT2D eigenvalue weighted by Gasteiger charge is 2.30. The number of carbonyl (C=O) groups excluding carboxylic acids is 2. The van der Waals surface area contributed by atoms with Crippen LogP contribution in [-0.2, 0) is 4.79 Å². The van der Waals surface area contributed by atoms with E-state index in [2.05, 4.69) is 25.3 Å². The molecule has 2 aromatic rings. The number of nitrogens with zero attached hydrogens (tertiary/aromatic N) is 2. The van der Waals surface area contributed by atoms with Gasteiger partial charge in [-0.05, 0) is 43.5 Å². The lowest BCUT2D eigenvalue weighted by molar-refractivity contribution is -0.153. The number of aromatic nitrogens is 2. The number of hydrogen-bond donors (Lipinski definition) is 2. The van der Waals surface area contributed by atoms with Gasteiger partial charge in [0.15, 0.2) is 6.61 Å². The van der Waals surface area contributed by atoms with Crippen LogP contribution in [0, 0.1) is 5.92 Å². The first-order valence-corrected chi connectivity index (χ1v) is 9.44. The van der Waals surface area contributed by atoms with Gasteiger partial charge in [0, 0.05) is 17.1 Å². The molecule has 2 amide bonds. The van der Waals surface area contributed by atoms with Gasteiger partial charge in [-0.2, -0.15) is 13.2 Å². The summed E-state index contributed by atoms with van der Waals surface area (Å²) in [7, 11) is 0. The fourth-order valence-electron chi connectivity index (χ4n) is 2.57. The maximum absolute atomic E-state index is 12.5. The van der Waals surface area contributed by atoms with Crippen molar-refractivity contribution >= 4 is 29.4 Å². The zero-order valence-corrected chi connectivity index (χ0v) is 16.5. The number of ether oxygens (including phenoxy) is 1. The van der Waals surface area contributed by atoms with Crippen molar-refractivity contribution in [3.05, 3.63) is 46.7 Å². The van der Waals surface area contributed by atoms with Crippen molar-refractivity contribution in [1.82, 2.24) is 15.3 Å². The van der Waals surface area contributed by atoms with E-state index in [-0.39, 0.29) is 34.2 Å². The number of halogens is 4. The summed E-state index contributed by atoms with van der Waals surface area (Å²) in [4.78, 5) is 32.3. The molecule has 1 atom stereocenters. The van der Waals surface area contributed by atoms with E-state index in [9.17, 15) is 22.8 Å². The fourth-order valence-corrected chi connectivity index (χ4v) is 2.90. The molecule has 0 radical (unpaired) electrons. The Labute approximate surface area is 175 Å². The highest BCUT2D eigenvalue weighted by Crippen LogP contribution is 2.30. The number of amides is 2. The van der Waals surface area contributed by atoms with E-state index in [0.717, 1.165) is 12.8 Å². The van der Waals surface area contributed by atoms with E-state index < -0.39 is 24.7 Å². The Kier molecular flexibility index (Phi) is 6.45. The second kappa shape index (κ2) is 8.86. The first-order chi connectivity index (χ1) is 14.1. The Morgan fingerprint density at radius 2 is 2.03 bits per heavy atom. The van der Waals surface area contributed by atoms with Crippen LogP contribution in [0.15, 0.2) is 30.5 Å². The summed E-state index contributed by atoms with van der Waals surface area (Å²) in [5, 5.41) is 5.40. The number of anilines is 1. The molecule has 1 unspecified atom stereocenters. The van der Waals surface area contributed by atoms with Crippen molar-refractivity contribution in [2.45, 2.75) is 32.0 Å². The van der Waals surface area contributed by atoms with Crippen molar-refractivity contribution in [3.63, 3.8) is 0 Å². The number of rotatable bonds is 7. The lowest BCUT2D eigenvalue weighted by Crippen LogP contribution is -2.28. The third-order valence-electron chi connectivity index (χ3n) is 4.26. The minimum atomic E-state index is -4.46. The zero-order valence-electron chi connectivity index (χ0n) is 15.8. The molecule has 160 valence electrons. The molecule has 1 aliphatic carbocycles. The van der Waals surface area contributed by atoms with Crippen LogP contribution in [0.2, 0.25) is 5.02 Å². The van der Waals surface area contributed by atoms with Gasteiger partial charge in [-0.25, -0.2) is 9.97 Å². The normalized spacial score (nSPS) is 14.7. The van der Waals surface area contributed by atoms with Crippen LogP contribution in [0.1, 0.15) is 41.9 Å². The molecule has 1 heterocycles. The lowest BCUT2D eigenvalue weighted by atomic mass is 10.1. The number of hydrogen-bond acceptors (Lipinski definition) is 5. The minimum Gasteiger partial charge on any atom is -0.484 e. The summed E-state index contributed by atoms with van der Waals surface area (Å²) < 4.78 is 41.4. The Hall–Kier alpha value is -2.88. The van der Waals surface area contributed by atoms with E-state index in [0.29, 0.717) is 5.56 Å². The van der Waals surface area contributed by atoms with Crippen LogP contribution < -0.4 is 15.4 Å². The van der Waals surface area contributed by atoms with E-state index in [1.165, 1.54) is 30.5 Å². The molecule has 3 rings (SSSR count). The topological polar surface area (TPSA) is 93.2 Å². The molecule has 0 spiro atoms. The highest BCUT2D eigenvalue weighted by molar-refractivity contribution is 6.31. The summed E-state index contributed by atoms with van der Waals surface area (Å²) in [6, 6.07) is 4.89. The maximum atomic E-state index is 12.5. The monoisotopic (exact) mass is 442 g/mol. The first-order valence-electron chi connectivity index (χ1n) is 9.06. The van der Waals surface area contributed by atoms with Gasteiger partial charge in [-0.15, -0.1) is 0 Å². The number of carbonyl (C=O) groups is 2. The van der Waals surface area contributed by atoms with Crippen molar-refractivity contribution in [3.8, 4) is 5.75 Å². The number of benzene rings is 1. The molecule has 1 fully saturated rings. The van der Waals surface area contributed by atoms with Crippen molar-refractivity contribution in [2.75, 3.05) is 11.9 Å². The maximum Gasteiger partial charge on any atom is 0.422 e. The SMILES string of the molecule is CC(NC(=O)c1ccnc(NC(=O)C2CC2)n1)c1ccc(OCC(F)(F)F)cc1Cl. The Morgan fingerprint density at radius 1 is 1.30 bits per heavy atom. The summed E-state index contributed by atoms with van der Waals surface area (Å²) in [6.07, 6.45) is -1.45. The molecular formula is C19H18ClF3N4O3. The quantitative estimate of drug-likeness (QED) is 0.678. The number of nitrogens with one attached hydrogen (secondary N) is 2. The largest absolute Gasteiger partial charge is 0.484 e. The first kappa shape index (κ1) is 21.8. The van der Waals surface area contributed by atoms with Crippen molar-refractivity contribution in [2.24, 2.45) is 5.92 Å². The van der Waals surface area contributed by atoms with Crippen molar-refractivity contribution in [1.29, 1.82) is 0 Å². The summed E-state index contributed by atoms with van der Waals surface area (Å²) >= 11 is 6.14. The molecule has 11 heteroatoms. The van der Waals surface area contributed by atoms with E-state index in [4.69, 9.17) is 11.6 Å². The lowest BCUT2D eigenvalue weighted by Gasteiger charge is -2.17. The Bertz CT molecular complexity index is 951. The van der Waals surface area contributed by atoms with Gasteiger partial charge in [0.05, 0.1) is 6.04 Å². The van der Waals surface area contributed by atoms with Crippen LogP contribution >= 0.6 is 11.6 Å². The molecular weight excluding hydrogens is 425 g/mol. The van der Waals surface area contributed by atoms with Crippen LogP contribution in [0.4, 0.5) is 19.1 Å². The molecule has 1 aromatic carbocycles. The average molecular weight is 443 g/mol. The predicted molar refractivity (Wildman–Crippen MR) is 102 cm³/mol. The van der Waals surface area contributed by atoms with E-state index >= 15 is 0 Å². The molecule has 7 nitrogen and oxygen atoms in total. The van der Waals surface area contributed by atoms with Gasteiger partial charge < -0.3 is 10.1 Å². The van der Waals surface area contributed by atoms with Gasteiger partial charge in [-0.1, -0.05) is 17.7 Å². The second-order valence-corrected chi connectivity index (χ2v) is 7.22. The van der Waals surface area contributed by atoms with Crippen molar-refractivity contribution < 1.29 is 27.5 Å².